The van der Waals surface area contributed by atoms with Crippen LogP contribution in [0.25, 0.3) is 10.2 Å². The summed E-state index contributed by atoms with van der Waals surface area (Å²) in [6, 6.07) is 12.9. The predicted molar refractivity (Wildman–Crippen MR) is 94.5 cm³/mol. The van der Waals surface area contributed by atoms with Gasteiger partial charge in [-0.1, -0.05) is 29.0 Å². The Morgan fingerprint density at radius 3 is 2.74 bits per heavy atom. The van der Waals surface area contributed by atoms with Crippen molar-refractivity contribution in [2.45, 2.75) is 20.0 Å². The van der Waals surface area contributed by atoms with Gasteiger partial charge in [-0.05, 0) is 55.8 Å². The van der Waals surface area contributed by atoms with E-state index in [1.165, 1.54) is 16.9 Å². The smallest absolute Gasteiger partial charge is 0.266 e. The molecule has 4 nitrogen and oxygen atoms in total. The summed E-state index contributed by atoms with van der Waals surface area (Å²) in [4.78, 5) is 16.6. The maximum atomic E-state index is 12.2. The van der Waals surface area contributed by atoms with Gasteiger partial charge in [0, 0.05) is 5.02 Å². The molecule has 2 aromatic carbocycles. The van der Waals surface area contributed by atoms with Crippen LogP contribution in [-0.2, 0) is 4.79 Å². The van der Waals surface area contributed by atoms with Crippen LogP contribution < -0.4 is 10.1 Å². The van der Waals surface area contributed by atoms with Crippen LogP contribution in [0.15, 0.2) is 42.5 Å². The number of halogens is 1. The Bertz CT molecular complexity index is 845. The standard InChI is InChI=1S/C17H15ClN2O2S/c1-10-3-8-14-15(9-10)23-17(19-14)20-16(21)11(2)22-13-6-4-12(18)5-7-13/h3-9,11H,1-2H3,(H,19,20,21)/t11-/m1/s1. The van der Waals surface area contributed by atoms with E-state index in [1.54, 1.807) is 31.2 Å². The highest BCUT2D eigenvalue weighted by molar-refractivity contribution is 7.22. The zero-order chi connectivity index (χ0) is 16.4. The van der Waals surface area contributed by atoms with E-state index in [0.717, 1.165) is 10.2 Å². The number of carbonyl (C=O) groups excluding carboxylic acids is 1. The van der Waals surface area contributed by atoms with E-state index in [0.29, 0.717) is 15.9 Å². The average molecular weight is 347 g/mol. The molecule has 0 unspecified atom stereocenters. The number of carbonyl (C=O) groups is 1. The van der Waals surface area contributed by atoms with Crippen molar-refractivity contribution in [2.75, 3.05) is 5.32 Å². The summed E-state index contributed by atoms with van der Waals surface area (Å²) in [6.07, 6.45) is -0.634. The molecule has 0 aliphatic carbocycles. The minimum absolute atomic E-state index is 0.240. The van der Waals surface area contributed by atoms with Gasteiger partial charge < -0.3 is 4.74 Å². The summed E-state index contributed by atoms with van der Waals surface area (Å²) < 4.78 is 6.65. The summed E-state index contributed by atoms with van der Waals surface area (Å²) in [6.45, 7) is 3.72. The molecule has 118 valence electrons. The first-order valence-electron chi connectivity index (χ1n) is 7.11. The summed E-state index contributed by atoms with van der Waals surface area (Å²) >= 11 is 7.28. The molecule has 1 amide bonds. The molecule has 0 bridgehead atoms. The lowest BCUT2D eigenvalue weighted by atomic mass is 10.2. The molecule has 6 heteroatoms. The van der Waals surface area contributed by atoms with Gasteiger partial charge in [-0.15, -0.1) is 0 Å². The number of nitrogens with one attached hydrogen (secondary N) is 1. The number of anilines is 1. The molecular formula is C17H15ClN2O2S. The largest absolute Gasteiger partial charge is 0.481 e. The average Bonchev–Trinajstić information content (AvgIpc) is 2.90. The normalized spacial score (nSPS) is 12.1. The molecule has 0 aliphatic heterocycles. The van der Waals surface area contributed by atoms with Crippen molar-refractivity contribution < 1.29 is 9.53 Å². The highest BCUT2D eigenvalue weighted by atomic mass is 35.5. The monoisotopic (exact) mass is 346 g/mol. The Labute approximate surface area is 143 Å². The van der Waals surface area contributed by atoms with Gasteiger partial charge in [0.05, 0.1) is 10.2 Å². The van der Waals surface area contributed by atoms with Crippen LogP contribution in [0.3, 0.4) is 0 Å². The lowest BCUT2D eigenvalue weighted by molar-refractivity contribution is -0.122. The van der Waals surface area contributed by atoms with Crippen molar-refractivity contribution in [1.29, 1.82) is 0 Å². The Hall–Kier alpha value is -2.11. The van der Waals surface area contributed by atoms with E-state index in [1.807, 2.05) is 19.1 Å². The zero-order valence-electron chi connectivity index (χ0n) is 12.7. The van der Waals surface area contributed by atoms with Crippen LogP contribution in [0.2, 0.25) is 5.02 Å². The highest BCUT2D eigenvalue weighted by Gasteiger charge is 2.16. The van der Waals surface area contributed by atoms with E-state index < -0.39 is 6.10 Å². The molecule has 0 aliphatic rings. The fourth-order valence-corrected chi connectivity index (χ4v) is 3.16. The molecule has 1 aromatic heterocycles. The molecule has 1 N–H and O–H groups in total. The quantitative estimate of drug-likeness (QED) is 0.747. The van der Waals surface area contributed by atoms with E-state index in [2.05, 4.69) is 16.4 Å². The van der Waals surface area contributed by atoms with Crippen molar-refractivity contribution in [3.8, 4) is 5.75 Å². The molecule has 3 aromatic rings. The van der Waals surface area contributed by atoms with Gasteiger partial charge in [-0.3, -0.25) is 10.1 Å². The van der Waals surface area contributed by atoms with Crippen LogP contribution in [0.5, 0.6) is 5.75 Å². The number of aryl methyl sites for hydroxylation is 1. The lowest BCUT2D eigenvalue weighted by Crippen LogP contribution is -2.30. The van der Waals surface area contributed by atoms with Crippen molar-refractivity contribution in [1.82, 2.24) is 4.98 Å². The molecular weight excluding hydrogens is 332 g/mol. The summed E-state index contributed by atoms with van der Waals surface area (Å²) in [7, 11) is 0. The van der Waals surface area contributed by atoms with E-state index >= 15 is 0 Å². The molecule has 0 fully saturated rings. The number of thiazole rings is 1. The summed E-state index contributed by atoms with van der Waals surface area (Å²) in [5.41, 5.74) is 2.04. The molecule has 1 heterocycles. The van der Waals surface area contributed by atoms with Gasteiger partial charge in [0.25, 0.3) is 5.91 Å². The highest BCUT2D eigenvalue weighted by Crippen LogP contribution is 2.27. The number of aromatic nitrogens is 1. The van der Waals surface area contributed by atoms with Gasteiger partial charge in [0.15, 0.2) is 11.2 Å². The number of benzene rings is 2. The third-order valence-electron chi connectivity index (χ3n) is 3.27. The Morgan fingerprint density at radius 2 is 2.00 bits per heavy atom. The van der Waals surface area contributed by atoms with Crippen molar-refractivity contribution in [2.24, 2.45) is 0 Å². The molecule has 0 saturated carbocycles. The molecule has 0 spiro atoms. The lowest BCUT2D eigenvalue weighted by Gasteiger charge is -2.13. The van der Waals surface area contributed by atoms with E-state index in [9.17, 15) is 4.79 Å². The van der Waals surface area contributed by atoms with Crippen LogP contribution in [-0.4, -0.2) is 17.0 Å². The summed E-state index contributed by atoms with van der Waals surface area (Å²) in [5.74, 6) is 0.354. The minimum atomic E-state index is -0.634. The fourth-order valence-electron chi connectivity index (χ4n) is 2.06. The topological polar surface area (TPSA) is 51.2 Å². The zero-order valence-corrected chi connectivity index (χ0v) is 14.2. The number of hydrogen-bond donors (Lipinski definition) is 1. The number of rotatable bonds is 4. The molecule has 1 atom stereocenters. The fraction of sp³-hybridized carbons (Fsp3) is 0.176. The number of ether oxygens (including phenoxy) is 1. The van der Waals surface area contributed by atoms with Crippen LogP contribution in [0.1, 0.15) is 12.5 Å². The number of hydrogen-bond acceptors (Lipinski definition) is 4. The van der Waals surface area contributed by atoms with Gasteiger partial charge in [0.1, 0.15) is 5.75 Å². The Balaban J connectivity index is 1.68. The Kier molecular flexibility index (Phi) is 4.50. The van der Waals surface area contributed by atoms with Crippen LogP contribution in [0.4, 0.5) is 5.13 Å². The van der Waals surface area contributed by atoms with Gasteiger partial charge in [-0.25, -0.2) is 4.98 Å². The first kappa shape index (κ1) is 15.8. The SMILES string of the molecule is Cc1ccc2nc(NC(=O)[C@@H](C)Oc3ccc(Cl)cc3)sc2c1. The van der Waals surface area contributed by atoms with Gasteiger partial charge >= 0.3 is 0 Å². The molecule has 3 rings (SSSR count). The van der Waals surface area contributed by atoms with Gasteiger partial charge in [-0.2, -0.15) is 0 Å². The molecule has 0 saturated heterocycles. The molecule has 0 radical (unpaired) electrons. The maximum Gasteiger partial charge on any atom is 0.266 e. The second-order valence-electron chi connectivity index (χ2n) is 5.19. The molecule has 23 heavy (non-hydrogen) atoms. The predicted octanol–water partition coefficient (Wildman–Crippen LogP) is 4.66. The van der Waals surface area contributed by atoms with Crippen LogP contribution >= 0.6 is 22.9 Å². The number of fused-ring (bicyclic) bond motifs is 1. The minimum Gasteiger partial charge on any atom is -0.481 e. The van der Waals surface area contributed by atoms with Crippen LogP contribution in [0, 0.1) is 6.92 Å². The first-order valence-corrected chi connectivity index (χ1v) is 8.31. The summed E-state index contributed by atoms with van der Waals surface area (Å²) in [5, 5.41) is 4.00. The second-order valence-corrected chi connectivity index (χ2v) is 6.66. The first-order chi connectivity index (χ1) is 11.0. The third-order valence-corrected chi connectivity index (χ3v) is 4.46. The van der Waals surface area contributed by atoms with Crippen molar-refractivity contribution >= 4 is 44.2 Å². The Morgan fingerprint density at radius 1 is 1.26 bits per heavy atom. The van der Waals surface area contributed by atoms with Gasteiger partial charge in [0.2, 0.25) is 0 Å². The maximum absolute atomic E-state index is 12.2. The third kappa shape index (κ3) is 3.81. The van der Waals surface area contributed by atoms with E-state index in [4.69, 9.17) is 16.3 Å². The van der Waals surface area contributed by atoms with Crippen molar-refractivity contribution in [3.05, 3.63) is 53.1 Å². The second kappa shape index (κ2) is 6.56. The van der Waals surface area contributed by atoms with E-state index in [-0.39, 0.29) is 5.91 Å². The van der Waals surface area contributed by atoms with Crippen molar-refractivity contribution in [3.63, 3.8) is 0 Å². The number of nitrogens with zero attached hydrogens (tertiary/aromatic N) is 1. The number of amides is 1.